The van der Waals surface area contributed by atoms with Gasteiger partial charge in [-0.2, -0.15) is 0 Å². The van der Waals surface area contributed by atoms with Crippen molar-refractivity contribution in [3.8, 4) is 0 Å². The van der Waals surface area contributed by atoms with Gasteiger partial charge in [0.05, 0.1) is 10.6 Å². The van der Waals surface area contributed by atoms with Gasteiger partial charge in [-0.25, -0.2) is 4.98 Å². The van der Waals surface area contributed by atoms with Gasteiger partial charge in [0, 0.05) is 28.4 Å². The lowest BCUT2D eigenvalue weighted by molar-refractivity contribution is 0.0940. The Labute approximate surface area is 131 Å². The van der Waals surface area contributed by atoms with Crippen molar-refractivity contribution >= 4 is 40.4 Å². The van der Waals surface area contributed by atoms with E-state index in [1.807, 2.05) is 6.92 Å². The van der Waals surface area contributed by atoms with Gasteiger partial charge in [-0.3, -0.25) is 4.79 Å². The lowest BCUT2D eigenvalue weighted by Crippen LogP contribution is -2.33. The van der Waals surface area contributed by atoms with Gasteiger partial charge in [-0.1, -0.05) is 23.2 Å². The van der Waals surface area contributed by atoms with Gasteiger partial charge in [-0.15, -0.1) is 11.3 Å². The number of pyridine rings is 1. The van der Waals surface area contributed by atoms with E-state index in [-0.39, 0.29) is 22.1 Å². The zero-order valence-electron chi connectivity index (χ0n) is 11.1. The Hall–Kier alpha value is -1.10. The first-order valence-corrected chi connectivity index (χ1v) is 7.70. The summed E-state index contributed by atoms with van der Waals surface area (Å²) in [5.41, 5.74) is 0.411. The maximum absolute atomic E-state index is 12.1. The predicted molar refractivity (Wildman–Crippen MR) is 83.9 cm³/mol. The van der Waals surface area contributed by atoms with Gasteiger partial charge < -0.3 is 5.32 Å². The van der Waals surface area contributed by atoms with Crippen LogP contribution in [0.2, 0.25) is 10.2 Å². The lowest BCUT2D eigenvalue weighted by atomic mass is 10.2. The van der Waals surface area contributed by atoms with Gasteiger partial charge in [0.15, 0.2) is 0 Å². The molecule has 6 heteroatoms. The molecular formula is C14H14Cl2N2OS. The van der Waals surface area contributed by atoms with Crippen LogP contribution in [0.1, 0.15) is 27.0 Å². The Morgan fingerprint density at radius 2 is 2.20 bits per heavy atom. The summed E-state index contributed by atoms with van der Waals surface area (Å²) in [6.07, 6.45) is 2.23. The molecule has 1 atom stereocenters. The molecule has 0 spiro atoms. The molecule has 106 valence electrons. The molecule has 0 radical (unpaired) electrons. The van der Waals surface area contributed by atoms with Crippen molar-refractivity contribution in [2.45, 2.75) is 26.3 Å². The van der Waals surface area contributed by atoms with E-state index < -0.39 is 0 Å². The number of nitrogens with one attached hydrogen (secondary N) is 1. The Morgan fingerprint density at radius 3 is 2.80 bits per heavy atom. The third kappa shape index (κ3) is 3.95. The van der Waals surface area contributed by atoms with Crippen molar-refractivity contribution in [1.29, 1.82) is 0 Å². The molecule has 2 aromatic rings. The minimum Gasteiger partial charge on any atom is -0.349 e. The number of carbonyl (C=O) groups is 1. The van der Waals surface area contributed by atoms with Crippen LogP contribution < -0.4 is 5.32 Å². The van der Waals surface area contributed by atoms with Gasteiger partial charge in [0.1, 0.15) is 5.15 Å². The third-order valence-corrected chi connectivity index (χ3v) is 4.45. The largest absolute Gasteiger partial charge is 0.349 e. The fourth-order valence-electron chi connectivity index (χ4n) is 1.80. The van der Waals surface area contributed by atoms with E-state index in [1.54, 1.807) is 11.3 Å². The Kier molecular flexibility index (Phi) is 5.02. The number of halogens is 2. The second-order valence-corrected chi connectivity index (χ2v) is 6.73. The molecule has 0 aliphatic heterocycles. The highest BCUT2D eigenvalue weighted by atomic mass is 35.5. The average molecular weight is 329 g/mol. The van der Waals surface area contributed by atoms with Crippen LogP contribution in [0.5, 0.6) is 0 Å². The van der Waals surface area contributed by atoms with Gasteiger partial charge in [0.25, 0.3) is 5.91 Å². The second-order valence-electron chi connectivity index (χ2n) is 4.59. The summed E-state index contributed by atoms with van der Waals surface area (Å²) < 4.78 is 0. The number of aromatic nitrogens is 1. The number of carbonyl (C=O) groups excluding carboxylic acids is 1. The number of aryl methyl sites for hydroxylation is 1. The van der Waals surface area contributed by atoms with E-state index in [0.717, 1.165) is 6.42 Å². The Bertz CT molecular complexity index is 627. The van der Waals surface area contributed by atoms with Crippen LogP contribution in [-0.2, 0) is 6.42 Å². The number of hydrogen-bond donors (Lipinski definition) is 1. The van der Waals surface area contributed by atoms with Crippen molar-refractivity contribution in [2.24, 2.45) is 0 Å². The normalized spacial score (nSPS) is 12.2. The Balaban J connectivity index is 1.98. The fourth-order valence-corrected chi connectivity index (χ4v) is 3.09. The zero-order valence-corrected chi connectivity index (χ0v) is 13.4. The zero-order chi connectivity index (χ0) is 14.7. The topological polar surface area (TPSA) is 42.0 Å². The van der Waals surface area contributed by atoms with E-state index in [1.165, 1.54) is 22.0 Å². The molecule has 0 saturated heterocycles. The Morgan fingerprint density at radius 1 is 1.45 bits per heavy atom. The molecule has 0 aliphatic carbocycles. The van der Waals surface area contributed by atoms with Crippen LogP contribution >= 0.6 is 34.5 Å². The smallest absolute Gasteiger partial charge is 0.253 e. The molecule has 1 amide bonds. The van der Waals surface area contributed by atoms with Gasteiger partial charge in [0.2, 0.25) is 0 Å². The number of rotatable bonds is 4. The molecule has 2 aromatic heterocycles. The number of thiophene rings is 1. The summed E-state index contributed by atoms with van der Waals surface area (Å²) in [5, 5.41) is 3.40. The molecule has 1 unspecified atom stereocenters. The van der Waals surface area contributed by atoms with Crippen molar-refractivity contribution < 1.29 is 4.79 Å². The highest BCUT2D eigenvalue weighted by Gasteiger charge is 2.13. The lowest BCUT2D eigenvalue weighted by Gasteiger charge is -2.13. The molecule has 0 fully saturated rings. The minimum absolute atomic E-state index is 0.0370. The van der Waals surface area contributed by atoms with Crippen LogP contribution in [0.4, 0.5) is 0 Å². The number of hydrogen-bond acceptors (Lipinski definition) is 3. The summed E-state index contributed by atoms with van der Waals surface area (Å²) in [4.78, 5) is 18.5. The van der Waals surface area contributed by atoms with Crippen LogP contribution in [0, 0.1) is 6.92 Å². The third-order valence-electron chi connectivity index (χ3n) is 2.74. The first-order chi connectivity index (χ1) is 9.45. The maximum Gasteiger partial charge on any atom is 0.253 e. The quantitative estimate of drug-likeness (QED) is 0.858. The highest BCUT2D eigenvalue weighted by molar-refractivity contribution is 7.11. The van der Waals surface area contributed by atoms with E-state index in [9.17, 15) is 4.79 Å². The number of nitrogens with zero attached hydrogens (tertiary/aromatic N) is 1. The first kappa shape index (κ1) is 15.3. The van der Waals surface area contributed by atoms with E-state index in [2.05, 4.69) is 29.4 Å². The monoisotopic (exact) mass is 328 g/mol. The van der Waals surface area contributed by atoms with Crippen LogP contribution in [0.15, 0.2) is 24.4 Å². The first-order valence-electron chi connectivity index (χ1n) is 6.13. The molecule has 20 heavy (non-hydrogen) atoms. The van der Waals surface area contributed by atoms with Crippen molar-refractivity contribution in [1.82, 2.24) is 10.3 Å². The van der Waals surface area contributed by atoms with Gasteiger partial charge in [-0.05, 0) is 32.0 Å². The van der Waals surface area contributed by atoms with Crippen molar-refractivity contribution in [2.75, 3.05) is 0 Å². The van der Waals surface area contributed by atoms with Gasteiger partial charge >= 0.3 is 0 Å². The minimum atomic E-state index is -0.197. The molecule has 3 nitrogen and oxygen atoms in total. The molecule has 0 aromatic carbocycles. The standard InChI is InChI=1S/C14H14Cl2N2OS/c1-8(5-11-4-3-9(2)20-11)18-14(19)10-6-12(15)13(16)17-7-10/h3-4,6-8H,5H2,1-2H3,(H,18,19). The van der Waals surface area contributed by atoms with Crippen molar-refractivity contribution in [3.63, 3.8) is 0 Å². The summed E-state index contributed by atoms with van der Waals surface area (Å²) >= 11 is 13.3. The van der Waals surface area contributed by atoms with E-state index >= 15 is 0 Å². The summed E-state index contributed by atoms with van der Waals surface area (Å²) in [6, 6.07) is 5.73. The molecule has 2 heterocycles. The van der Waals surface area contributed by atoms with E-state index in [4.69, 9.17) is 23.2 Å². The average Bonchev–Trinajstić information content (AvgIpc) is 2.77. The summed E-state index contributed by atoms with van der Waals surface area (Å²) in [7, 11) is 0. The molecule has 0 bridgehead atoms. The number of amides is 1. The maximum atomic E-state index is 12.1. The molecule has 2 rings (SSSR count). The van der Waals surface area contributed by atoms with Crippen LogP contribution in [0.3, 0.4) is 0 Å². The molecular weight excluding hydrogens is 315 g/mol. The van der Waals surface area contributed by atoms with Crippen molar-refractivity contribution in [3.05, 3.63) is 49.9 Å². The van der Waals surface area contributed by atoms with Crippen LogP contribution in [-0.4, -0.2) is 16.9 Å². The molecule has 0 saturated carbocycles. The SMILES string of the molecule is Cc1ccc(CC(C)NC(=O)c2cnc(Cl)c(Cl)c2)s1. The van der Waals surface area contributed by atoms with Crippen LogP contribution in [0.25, 0.3) is 0 Å². The highest BCUT2D eigenvalue weighted by Crippen LogP contribution is 2.20. The second kappa shape index (κ2) is 6.57. The predicted octanol–water partition coefficient (Wildman–Crippen LogP) is 4.12. The molecule has 0 aliphatic rings. The fraction of sp³-hybridized carbons (Fsp3) is 0.286. The summed E-state index contributed by atoms with van der Waals surface area (Å²) in [5.74, 6) is -0.197. The summed E-state index contributed by atoms with van der Waals surface area (Å²) in [6.45, 7) is 4.04. The van der Waals surface area contributed by atoms with E-state index in [0.29, 0.717) is 5.56 Å². The molecule has 1 N–H and O–H groups in total.